The van der Waals surface area contributed by atoms with Crippen LogP contribution in [0, 0.1) is 0 Å². The van der Waals surface area contributed by atoms with Crippen molar-refractivity contribution in [2.75, 3.05) is 19.6 Å². The highest BCUT2D eigenvalue weighted by atomic mass is 35.5. The summed E-state index contributed by atoms with van der Waals surface area (Å²) < 4.78 is 0. The summed E-state index contributed by atoms with van der Waals surface area (Å²) in [4.78, 5) is 6.31. The highest BCUT2D eigenvalue weighted by molar-refractivity contribution is 6.30. The maximum atomic E-state index is 6.32. The molecule has 3 heteroatoms. The molecule has 1 aromatic heterocycles. The molecule has 1 aliphatic rings. The zero-order valence-corrected chi connectivity index (χ0v) is 17.9. The number of hydrogen-bond acceptors (Lipinski definition) is 1. The third kappa shape index (κ3) is 4.03. The molecule has 1 fully saturated rings. The van der Waals surface area contributed by atoms with Crippen LogP contribution >= 0.6 is 11.6 Å². The summed E-state index contributed by atoms with van der Waals surface area (Å²) >= 11 is 6.32. The van der Waals surface area contributed by atoms with E-state index in [9.17, 15) is 0 Å². The van der Waals surface area contributed by atoms with Gasteiger partial charge in [-0.2, -0.15) is 0 Å². The van der Waals surface area contributed by atoms with E-state index in [1.165, 1.54) is 46.1 Å². The van der Waals surface area contributed by atoms with Crippen LogP contribution < -0.4 is 0 Å². The average Bonchev–Trinajstić information content (AvgIpc) is 3.18. The van der Waals surface area contributed by atoms with Crippen molar-refractivity contribution >= 4 is 22.5 Å². The fourth-order valence-electron chi connectivity index (χ4n) is 4.84. The third-order valence-electron chi connectivity index (χ3n) is 6.41. The van der Waals surface area contributed by atoms with E-state index < -0.39 is 0 Å². The molecular weight excluding hydrogens is 388 g/mol. The van der Waals surface area contributed by atoms with Crippen LogP contribution in [-0.4, -0.2) is 29.5 Å². The summed E-state index contributed by atoms with van der Waals surface area (Å²) in [7, 11) is 0. The molecule has 2 heterocycles. The van der Waals surface area contributed by atoms with Crippen LogP contribution in [0.2, 0.25) is 5.02 Å². The summed E-state index contributed by atoms with van der Waals surface area (Å²) in [5, 5.41) is 2.14. The predicted octanol–water partition coefficient (Wildman–Crippen LogP) is 6.91. The zero-order chi connectivity index (χ0) is 20.3. The number of hydrogen-bond donors (Lipinski definition) is 1. The van der Waals surface area contributed by atoms with Crippen molar-refractivity contribution < 1.29 is 0 Å². The number of aromatic amines is 1. The van der Waals surface area contributed by atoms with E-state index in [1.807, 2.05) is 12.1 Å². The summed E-state index contributed by atoms with van der Waals surface area (Å²) in [6.07, 6.45) is 3.53. The number of halogens is 1. The van der Waals surface area contributed by atoms with Crippen molar-refractivity contribution in [3.63, 3.8) is 0 Å². The first-order valence-electron chi connectivity index (χ1n) is 10.9. The number of fused-ring (bicyclic) bond motifs is 1. The van der Waals surface area contributed by atoms with E-state index in [4.69, 9.17) is 11.6 Å². The van der Waals surface area contributed by atoms with Gasteiger partial charge in [-0.1, -0.05) is 72.3 Å². The number of piperidine rings is 1. The molecule has 0 spiro atoms. The molecule has 1 N–H and O–H groups in total. The highest BCUT2D eigenvalue weighted by Crippen LogP contribution is 2.40. The fraction of sp³-hybridized carbons (Fsp3) is 0.259. The Bertz CT molecular complexity index is 1120. The lowest BCUT2D eigenvalue weighted by Gasteiger charge is -2.32. The Morgan fingerprint density at radius 1 is 0.867 bits per heavy atom. The number of nitrogens with zero attached hydrogens (tertiary/aromatic N) is 1. The lowest BCUT2D eigenvalue weighted by molar-refractivity contribution is 0.215. The summed E-state index contributed by atoms with van der Waals surface area (Å²) in [6.45, 7) is 3.46. The molecule has 4 aromatic rings. The highest BCUT2D eigenvalue weighted by Gasteiger charge is 2.26. The van der Waals surface area contributed by atoms with Crippen LogP contribution in [0.4, 0.5) is 0 Å². The molecule has 30 heavy (non-hydrogen) atoms. The number of nitrogens with one attached hydrogen (secondary N) is 1. The molecule has 0 bridgehead atoms. The summed E-state index contributed by atoms with van der Waals surface area (Å²) in [5.74, 6) is 0.572. The van der Waals surface area contributed by atoms with Gasteiger partial charge in [-0.25, -0.2) is 0 Å². The van der Waals surface area contributed by atoms with Crippen molar-refractivity contribution in [1.29, 1.82) is 0 Å². The van der Waals surface area contributed by atoms with Gasteiger partial charge in [0.15, 0.2) is 0 Å². The number of para-hydroxylation sites is 1. The first-order valence-corrected chi connectivity index (χ1v) is 11.3. The number of aromatic nitrogens is 1. The van der Waals surface area contributed by atoms with Crippen LogP contribution in [-0.2, 0) is 6.42 Å². The van der Waals surface area contributed by atoms with Crippen LogP contribution in [0.5, 0.6) is 0 Å². The van der Waals surface area contributed by atoms with Crippen LogP contribution in [0.25, 0.3) is 22.2 Å². The lowest BCUT2D eigenvalue weighted by atomic mass is 9.86. The van der Waals surface area contributed by atoms with Crippen molar-refractivity contribution in [3.8, 4) is 11.3 Å². The smallest absolute Gasteiger partial charge is 0.0500 e. The summed E-state index contributed by atoms with van der Waals surface area (Å²) in [6, 6.07) is 27.7. The normalized spacial score (nSPS) is 15.6. The first kappa shape index (κ1) is 19.4. The molecule has 152 valence electrons. The number of benzene rings is 3. The quantitative estimate of drug-likeness (QED) is 0.376. The van der Waals surface area contributed by atoms with E-state index in [0.29, 0.717) is 5.92 Å². The Kier molecular flexibility index (Phi) is 5.61. The second kappa shape index (κ2) is 8.67. The topological polar surface area (TPSA) is 19.0 Å². The van der Waals surface area contributed by atoms with Gasteiger partial charge in [0.25, 0.3) is 0 Å². The second-order valence-electron chi connectivity index (χ2n) is 8.32. The van der Waals surface area contributed by atoms with Crippen LogP contribution in [0.1, 0.15) is 29.9 Å². The standard InChI is InChI=1S/C27H27ClN2/c28-23-10-6-9-22(19-23)27-26(24-11-4-5-12-25(24)29-27)21-14-17-30(18-15-21)16-13-20-7-2-1-3-8-20/h1-12,19,21,29H,13-18H2. The van der Waals surface area contributed by atoms with E-state index in [-0.39, 0.29) is 0 Å². The van der Waals surface area contributed by atoms with E-state index in [2.05, 4.69) is 76.6 Å². The Balaban J connectivity index is 1.37. The molecule has 0 unspecified atom stereocenters. The molecular formula is C27H27ClN2. The SMILES string of the molecule is Clc1cccc(-c2[nH]c3ccccc3c2C2CCN(CCc3ccccc3)CC2)c1. The van der Waals surface area contributed by atoms with Gasteiger partial charge in [-0.15, -0.1) is 0 Å². The Hall–Kier alpha value is -2.55. The molecule has 0 radical (unpaired) electrons. The Labute approximate surface area is 183 Å². The van der Waals surface area contributed by atoms with Gasteiger partial charge in [-0.3, -0.25) is 0 Å². The number of likely N-dealkylation sites (tertiary alicyclic amines) is 1. The number of rotatable bonds is 5. The largest absolute Gasteiger partial charge is 0.354 e. The Morgan fingerprint density at radius 2 is 1.63 bits per heavy atom. The van der Waals surface area contributed by atoms with Crippen molar-refractivity contribution in [2.45, 2.75) is 25.2 Å². The van der Waals surface area contributed by atoms with Gasteiger partial charge in [0.05, 0.1) is 5.69 Å². The minimum atomic E-state index is 0.572. The first-order chi connectivity index (χ1) is 14.8. The molecule has 0 aliphatic carbocycles. The molecule has 0 amide bonds. The third-order valence-corrected chi connectivity index (χ3v) is 6.65. The minimum absolute atomic E-state index is 0.572. The maximum absolute atomic E-state index is 6.32. The van der Waals surface area contributed by atoms with Gasteiger partial charge in [0.2, 0.25) is 0 Å². The molecule has 0 atom stereocenters. The maximum Gasteiger partial charge on any atom is 0.0500 e. The minimum Gasteiger partial charge on any atom is -0.354 e. The number of H-pyrrole nitrogens is 1. The van der Waals surface area contributed by atoms with Crippen molar-refractivity contribution in [1.82, 2.24) is 9.88 Å². The molecule has 1 aliphatic heterocycles. The van der Waals surface area contributed by atoms with Crippen molar-refractivity contribution in [2.24, 2.45) is 0 Å². The van der Waals surface area contributed by atoms with E-state index in [1.54, 1.807) is 0 Å². The van der Waals surface area contributed by atoms with E-state index >= 15 is 0 Å². The molecule has 5 rings (SSSR count). The van der Waals surface area contributed by atoms with Crippen LogP contribution in [0.15, 0.2) is 78.9 Å². The summed E-state index contributed by atoms with van der Waals surface area (Å²) in [5.41, 5.74) is 6.53. The van der Waals surface area contributed by atoms with Gasteiger partial charge in [-0.05, 0) is 73.2 Å². The average molecular weight is 415 g/mol. The van der Waals surface area contributed by atoms with Gasteiger partial charge >= 0.3 is 0 Å². The van der Waals surface area contributed by atoms with Crippen LogP contribution in [0.3, 0.4) is 0 Å². The monoisotopic (exact) mass is 414 g/mol. The molecule has 0 saturated carbocycles. The molecule has 3 aromatic carbocycles. The zero-order valence-electron chi connectivity index (χ0n) is 17.2. The van der Waals surface area contributed by atoms with Gasteiger partial charge in [0.1, 0.15) is 0 Å². The second-order valence-corrected chi connectivity index (χ2v) is 8.76. The van der Waals surface area contributed by atoms with E-state index in [0.717, 1.165) is 31.1 Å². The Morgan fingerprint density at radius 3 is 2.43 bits per heavy atom. The van der Waals surface area contributed by atoms with Crippen molar-refractivity contribution in [3.05, 3.63) is 95.0 Å². The lowest BCUT2D eigenvalue weighted by Crippen LogP contribution is -2.34. The fourth-order valence-corrected chi connectivity index (χ4v) is 5.03. The molecule has 2 nitrogen and oxygen atoms in total. The van der Waals surface area contributed by atoms with Gasteiger partial charge < -0.3 is 9.88 Å². The molecule has 1 saturated heterocycles. The van der Waals surface area contributed by atoms with Gasteiger partial charge in [0, 0.05) is 22.5 Å². The predicted molar refractivity (Wildman–Crippen MR) is 127 cm³/mol.